The second-order valence-corrected chi connectivity index (χ2v) is 6.84. The summed E-state index contributed by atoms with van der Waals surface area (Å²) in [6, 6.07) is 17.4. The van der Waals surface area contributed by atoms with Gasteiger partial charge >= 0.3 is 0 Å². The zero-order valence-electron chi connectivity index (χ0n) is 16.3. The molecule has 0 spiro atoms. The highest BCUT2D eigenvalue weighted by molar-refractivity contribution is 6.04. The highest BCUT2D eigenvalue weighted by Gasteiger charge is 2.18. The van der Waals surface area contributed by atoms with Crippen LogP contribution in [-0.4, -0.2) is 32.9 Å². The van der Waals surface area contributed by atoms with E-state index in [9.17, 15) is 19.1 Å². The third-order valence-corrected chi connectivity index (χ3v) is 4.82. The van der Waals surface area contributed by atoms with Crippen molar-refractivity contribution in [1.82, 2.24) is 14.7 Å². The van der Waals surface area contributed by atoms with Gasteiger partial charge in [0.25, 0.3) is 11.8 Å². The zero-order valence-corrected chi connectivity index (χ0v) is 16.3. The fourth-order valence-corrected chi connectivity index (χ4v) is 3.21. The van der Waals surface area contributed by atoms with Crippen molar-refractivity contribution in [3.05, 3.63) is 102 Å². The first-order valence-corrected chi connectivity index (χ1v) is 9.56. The lowest BCUT2D eigenvalue weighted by molar-refractivity contribution is 0.0915. The molecule has 156 valence electrons. The van der Waals surface area contributed by atoms with Crippen LogP contribution in [-0.2, 0) is 0 Å². The Labute approximate surface area is 177 Å². The van der Waals surface area contributed by atoms with Crippen LogP contribution in [0.3, 0.4) is 0 Å². The van der Waals surface area contributed by atoms with Crippen molar-refractivity contribution in [3.8, 4) is 0 Å². The molecule has 8 heteroatoms. The number of benzene rings is 2. The minimum absolute atomic E-state index is 0.135. The number of pyridine rings is 1. The van der Waals surface area contributed by atoms with Gasteiger partial charge in [0.1, 0.15) is 17.2 Å². The van der Waals surface area contributed by atoms with Crippen LogP contribution in [0.1, 0.15) is 32.5 Å². The first kappa shape index (κ1) is 20.2. The maximum atomic E-state index is 14.3. The van der Waals surface area contributed by atoms with Gasteiger partial charge in [0.05, 0.1) is 24.5 Å². The molecule has 2 aromatic heterocycles. The highest BCUT2D eigenvalue weighted by Crippen LogP contribution is 2.19. The Balaban J connectivity index is 1.54. The van der Waals surface area contributed by atoms with Crippen LogP contribution in [0.2, 0.25) is 0 Å². The van der Waals surface area contributed by atoms with E-state index in [-0.39, 0.29) is 23.6 Å². The van der Waals surface area contributed by atoms with Crippen LogP contribution in [0, 0.1) is 5.82 Å². The van der Waals surface area contributed by atoms with Crippen molar-refractivity contribution in [2.45, 2.75) is 6.04 Å². The summed E-state index contributed by atoms with van der Waals surface area (Å²) in [6.07, 6.45) is 3.07. The third-order valence-electron chi connectivity index (χ3n) is 4.82. The number of anilines is 1. The molecule has 0 aliphatic heterocycles. The monoisotopic (exact) mass is 418 g/mol. The minimum Gasteiger partial charge on any atom is -0.394 e. The molecule has 7 nitrogen and oxygen atoms in total. The predicted octanol–water partition coefficient (Wildman–Crippen LogP) is 3.19. The molecule has 2 amide bonds. The number of aliphatic hydroxyl groups excluding tert-OH is 1. The summed E-state index contributed by atoms with van der Waals surface area (Å²) in [5, 5.41) is 14.9. The topological polar surface area (TPSA) is 95.7 Å². The van der Waals surface area contributed by atoms with Crippen LogP contribution in [0.5, 0.6) is 0 Å². The quantitative estimate of drug-likeness (QED) is 0.448. The molecule has 0 bridgehead atoms. The normalized spacial score (nSPS) is 11.8. The van der Waals surface area contributed by atoms with Gasteiger partial charge in [-0.05, 0) is 35.9 Å². The molecular weight excluding hydrogens is 399 g/mol. The summed E-state index contributed by atoms with van der Waals surface area (Å²) in [5.74, 6) is -1.75. The number of hydrogen-bond acceptors (Lipinski definition) is 4. The van der Waals surface area contributed by atoms with Crippen LogP contribution < -0.4 is 10.6 Å². The fraction of sp³-hybridized carbons (Fsp3) is 0.0870. The van der Waals surface area contributed by atoms with Gasteiger partial charge in [-0.15, -0.1) is 0 Å². The van der Waals surface area contributed by atoms with Gasteiger partial charge < -0.3 is 15.7 Å². The number of imidazole rings is 1. The number of halogens is 1. The standard InChI is InChI=1S/C23H19FN4O3/c24-17-10-9-16(22(30)27-19(14-29)15-6-2-1-3-7-15)12-18(17)26-23(31)20-13-25-21-8-4-5-11-28(20)21/h1-13,19,29H,14H2,(H,26,31)(H,27,30). The lowest BCUT2D eigenvalue weighted by Gasteiger charge is -2.17. The van der Waals surface area contributed by atoms with Crippen LogP contribution >= 0.6 is 0 Å². The first-order chi connectivity index (χ1) is 15.1. The van der Waals surface area contributed by atoms with Crippen molar-refractivity contribution in [1.29, 1.82) is 0 Å². The third kappa shape index (κ3) is 4.29. The van der Waals surface area contributed by atoms with E-state index in [1.807, 2.05) is 6.07 Å². The van der Waals surface area contributed by atoms with Gasteiger partial charge in [0.2, 0.25) is 0 Å². The van der Waals surface area contributed by atoms with E-state index in [0.29, 0.717) is 5.65 Å². The molecule has 31 heavy (non-hydrogen) atoms. The first-order valence-electron chi connectivity index (χ1n) is 9.56. The SMILES string of the molecule is O=C(NC(CO)c1ccccc1)c1ccc(F)c(NC(=O)c2cnc3ccccn23)c1. The molecule has 2 heterocycles. The maximum Gasteiger partial charge on any atom is 0.274 e. The van der Waals surface area contributed by atoms with Crippen LogP contribution in [0.15, 0.2) is 79.1 Å². The molecule has 4 rings (SSSR count). The van der Waals surface area contributed by atoms with Gasteiger partial charge in [0.15, 0.2) is 0 Å². The van der Waals surface area contributed by atoms with Crippen molar-refractivity contribution in [2.24, 2.45) is 0 Å². The number of aromatic nitrogens is 2. The number of nitrogens with one attached hydrogen (secondary N) is 2. The Kier molecular flexibility index (Phi) is 5.72. The molecule has 0 saturated heterocycles. The van der Waals surface area contributed by atoms with Crippen molar-refractivity contribution in [2.75, 3.05) is 11.9 Å². The molecule has 2 aromatic carbocycles. The zero-order chi connectivity index (χ0) is 21.8. The van der Waals surface area contributed by atoms with E-state index in [4.69, 9.17) is 0 Å². The molecule has 0 fully saturated rings. The second-order valence-electron chi connectivity index (χ2n) is 6.84. The molecule has 1 atom stereocenters. The summed E-state index contributed by atoms with van der Waals surface area (Å²) in [4.78, 5) is 29.5. The smallest absolute Gasteiger partial charge is 0.274 e. The Morgan fingerprint density at radius 2 is 1.81 bits per heavy atom. The van der Waals surface area contributed by atoms with Crippen LogP contribution in [0.4, 0.5) is 10.1 Å². The lowest BCUT2D eigenvalue weighted by atomic mass is 10.1. The number of hydrogen-bond donors (Lipinski definition) is 3. The van der Waals surface area contributed by atoms with Crippen molar-refractivity contribution >= 4 is 23.1 Å². The fourth-order valence-electron chi connectivity index (χ4n) is 3.21. The van der Waals surface area contributed by atoms with Gasteiger partial charge in [0, 0.05) is 11.8 Å². The summed E-state index contributed by atoms with van der Waals surface area (Å²) < 4.78 is 15.9. The largest absolute Gasteiger partial charge is 0.394 e. The Morgan fingerprint density at radius 3 is 2.58 bits per heavy atom. The van der Waals surface area contributed by atoms with Gasteiger partial charge in [-0.3, -0.25) is 14.0 Å². The molecule has 0 aliphatic carbocycles. The lowest BCUT2D eigenvalue weighted by Crippen LogP contribution is -2.30. The van der Waals surface area contributed by atoms with Crippen LogP contribution in [0.25, 0.3) is 5.65 Å². The molecule has 0 saturated carbocycles. The number of fused-ring (bicyclic) bond motifs is 1. The highest BCUT2D eigenvalue weighted by atomic mass is 19.1. The number of amides is 2. The summed E-state index contributed by atoms with van der Waals surface area (Å²) in [6.45, 7) is -0.297. The summed E-state index contributed by atoms with van der Waals surface area (Å²) in [7, 11) is 0. The van der Waals surface area contributed by atoms with E-state index in [0.717, 1.165) is 11.6 Å². The molecular formula is C23H19FN4O3. The number of carbonyl (C=O) groups is 2. The molecule has 3 N–H and O–H groups in total. The van der Waals surface area contributed by atoms with Crippen molar-refractivity contribution in [3.63, 3.8) is 0 Å². The second kappa shape index (κ2) is 8.76. The molecule has 4 aromatic rings. The van der Waals surface area contributed by atoms with Gasteiger partial charge in [-0.1, -0.05) is 36.4 Å². The minimum atomic E-state index is -0.680. The van der Waals surface area contributed by atoms with E-state index in [2.05, 4.69) is 15.6 Å². The maximum absolute atomic E-state index is 14.3. The summed E-state index contributed by atoms with van der Waals surface area (Å²) >= 11 is 0. The van der Waals surface area contributed by atoms with E-state index >= 15 is 0 Å². The average molecular weight is 418 g/mol. The average Bonchev–Trinajstić information content (AvgIpc) is 3.23. The number of aliphatic hydroxyl groups is 1. The number of carbonyl (C=O) groups excluding carboxylic acids is 2. The predicted molar refractivity (Wildman–Crippen MR) is 113 cm³/mol. The Morgan fingerprint density at radius 1 is 1.03 bits per heavy atom. The Bertz CT molecular complexity index is 1240. The molecule has 0 aliphatic rings. The molecule has 1 unspecified atom stereocenters. The van der Waals surface area contributed by atoms with Gasteiger partial charge in [-0.2, -0.15) is 0 Å². The van der Waals surface area contributed by atoms with E-state index in [1.54, 1.807) is 53.1 Å². The molecule has 0 radical (unpaired) electrons. The Hall–Kier alpha value is -4.04. The number of rotatable bonds is 6. The summed E-state index contributed by atoms with van der Waals surface area (Å²) in [5.41, 5.74) is 1.56. The van der Waals surface area contributed by atoms with E-state index in [1.165, 1.54) is 18.3 Å². The van der Waals surface area contributed by atoms with E-state index < -0.39 is 23.7 Å². The van der Waals surface area contributed by atoms with Gasteiger partial charge in [-0.25, -0.2) is 9.37 Å². The number of nitrogens with zero attached hydrogens (tertiary/aromatic N) is 2. The van der Waals surface area contributed by atoms with Crippen molar-refractivity contribution < 1.29 is 19.1 Å².